The first-order chi connectivity index (χ1) is 8.43. The second-order valence-corrected chi connectivity index (χ2v) is 5.33. The van der Waals surface area contributed by atoms with Crippen LogP contribution in [0.25, 0.3) is 0 Å². The lowest BCUT2D eigenvalue weighted by molar-refractivity contribution is -0.125. The molecule has 0 aromatic heterocycles. The van der Waals surface area contributed by atoms with Gasteiger partial charge in [0.15, 0.2) is 0 Å². The maximum absolute atomic E-state index is 13.4. The molecule has 1 amide bonds. The van der Waals surface area contributed by atoms with Crippen molar-refractivity contribution in [1.82, 2.24) is 0 Å². The number of amides is 1. The van der Waals surface area contributed by atoms with Crippen LogP contribution in [0.15, 0.2) is 18.2 Å². The molecule has 1 aliphatic rings. The highest BCUT2D eigenvalue weighted by Gasteiger charge is 2.42. The third-order valence-electron chi connectivity index (χ3n) is 3.98. The summed E-state index contributed by atoms with van der Waals surface area (Å²) in [5.41, 5.74) is 6.50. The van der Waals surface area contributed by atoms with E-state index < -0.39 is 5.41 Å². The molecule has 1 aromatic carbocycles. The Hall–Kier alpha value is -1.42. The van der Waals surface area contributed by atoms with Crippen LogP contribution in [-0.4, -0.2) is 11.9 Å². The van der Waals surface area contributed by atoms with Crippen molar-refractivity contribution in [3.05, 3.63) is 29.6 Å². The van der Waals surface area contributed by atoms with Crippen LogP contribution in [0.4, 0.5) is 10.1 Å². The van der Waals surface area contributed by atoms with Gasteiger partial charge in [-0.05, 0) is 44.4 Å². The minimum absolute atomic E-state index is 0.115. The van der Waals surface area contributed by atoms with E-state index in [2.05, 4.69) is 5.32 Å². The number of carbonyl (C=O) groups excluding carboxylic acids is 1. The van der Waals surface area contributed by atoms with Crippen molar-refractivity contribution in [2.24, 2.45) is 11.1 Å². The van der Waals surface area contributed by atoms with Gasteiger partial charge in [0.2, 0.25) is 5.91 Å². The maximum Gasteiger partial charge on any atom is 0.231 e. The van der Waals surface area contributed by atoms with E-state index in [9.17, 15) is 9.18 Å². The summed E-state index contributed by atoms with van der Waals surface area (Å²) in [7, 11) is 0. The molecule has 3 nitrogen and oxygen atoms in total. The minimum atomic E-state index is -0.540. The zero-order valence-corrected chi connectivity index (χ0v) is 10.8. The van der Waals surface area contributed by atoms with Gasteiger partial charge in [-0.2, -0.15) is 0 Å². The Morgan fingerprint density at radius 2 is 2.28 bits per heavy atom. The maximum atomic E-state index is 13.4. The molecule has 18 heavy (non-hydrogen) atoms. The van der Waals surface area contributed by atoms with Crippen LogP contribution < -0.4 is 11.1 Å². The van der Waals surface area contributed by atoms with Crippen molar-refractivity contribution in [3.63, 3.8) is 0 Å². The average Bonchev–Trinajstić information content (AvgIpc) is 2.66. The molecule has 0 spiro atoms. The van der Waals surface area contributed by atoms with E-state index >= 15 is 0 Å². The summed E-state index contributed by atoms with van der Waals surface area (Å²) in [5.74, 6) is -0.426. The van der Waals surface area contributed by atoms with Gasteiger partial charge in [-0.15, -0.1) is 0 Å². The molecule has 1 saturated carbocycles. The van der Waals surface area contributed by atoms with Gasteiger partial charge in [0, 0.05) is 11.7 Å². The number of rotatable bonds is 2. The highest BCUT2D eigenvalue weighted by Crippen LogP contribution is 2.37. The quantitative estimate of drug-likeness (QED) is 0.847. The highest BCUT2D eigenvalue weighted by atomic mass is 19.1. The molecule has 3 N–H and O–H groups in total. The van der Waals surface area contributed by atoms with Crippen LogP contribution in [0.1, 0.15) is 31.7 Å². The fourth-order valence-corrected chi connectivity index (χ4v) is 2.42. The molecule has 0 heterocycles. The van der Waals surface area contributed by atoms with E-state index in [0.29, 0.717) is 11.3 Å². The molecule has 0 saturated heterocycles. The van der Waals surface area contributed by atoms with Crippen molar-refractivity contribution in [2.45, 2.75) is 39.2 Å². The van der Waals surface area contributed by atoms with E-state index in [4.69, 9.17) is 5.73 Å². The molecular formula is C14H19FN2O. The Morgan fingerprint density at radius 1 is 1.56 bits per heavy atom. The van der Waals surface area contributed by atoms with Gasteiger partial charge in [0.1, 0.15) is 5.82 Å². The third-order valence-corrected chi connectivity index (χ3v) is 3.98. The first kappa shape index (κ1) is 13.0. The van der Waals surface area contributed by atoms with Gasteiger partial charge in [0.25, 0.3) is 0 Å². The standard InChI is InChI=1S/C14H19FN2O/c1-9-5-6-10(8-11(9)15)17-13(18)14(2)7-3-4-12(14)16/h5-6,8,12H,3-4,7,16H2,1-2H3,(H,17,18). The van der Waals surface area contributed by atoms with Crippen molar-refractivity contribution < 1.29 is 9.18 Å². The van der Waals surface area contributed by atoms with Gasteiger partial charge in [0.05, 0.1) is 5.41 Å². The zero-order chi connectivity index (χ0) is 13.3. The fraction of sp³-hybridized carbons (Fsp3) is 0.500. The summed E-state index contributed by atoms with van der Waals surface area (Å²) in [6.45, 7) is 3.57. The molecule has 0 aliphatic heterocycles. The predicted octanol–water partition coefficient (Wildman–Crippen LogP) is 2.59. The van der Waals surface area contributed by atoms with Gasteiger partial charge in [-0.25, -0.2) is 4.39 Å². The number of nitrogens with two attached hydrogens (primary N) is 1. The molecule has 1 aromatic rings. The summed E-state index contributed by atoms with van der Waals surface area (Å²) in [4.78, 5) is 12.2. The van der Waals surface area contributed by atoms with Gasteiger partial charge >= 0.3 is 0 Å². The minimum Gasteiger partial charge on any atom is -0.327 e. The number of nitrogens with one attached hydrogen (secondary N) is 1. The Bertz CT molecular complexity index is 475. The van der Waals surface area contributed by atoms with Crippen molar-refractivity contribution in [3.8, 4) is 0 Å². The van der Waals surface area contributed by atoms with E-state index in [1.165, 1.54) is 6.07 Å². The van der Waals surface area contributed by atoms with Crippen LogP contribution in [0.2, 0.25) is 0 Å². The van der Waals surface area contributed by atoms with Crippen LogP contribution in [0.5, 0.6) is 0 Å². The number of carbonyl (C=O) groups is 1. The Kier molecular flexibility index (Phi) is 3.39. The second-order valence-electron chi connectivity index (χ2n) is 5.33. The zero-order valence-electron chi connectivity index (χ0n) is 10.8. The molecule has 1 aliphatic carbocycles. The molecule has 0 bridgehead atoms. The summed E-state index contributed by atoms with van der Waals surface area (Å²) in [6, 6.07) is 4.59. The Balaban J connectivity index is 2.14. The van der Waals surface area contributed by atoms with Crippen LogP contribution in [0.3, 0.4) is 0 Å². The largest absolute Gasteiger partial charge is 0.327 e. The van der Waals surface area contributed by atoms with Crippen molar-refractivity contribution in [1.29, 1.82) is 0 Å². The second kappa shape index (κ2) is 4.69. The molecule has 2 atom stereocenters. The van der Waals surface area contributed by atoms with Crippen LogP contribution in [0, 0.1) is 18.2 Å². The molecule has 98 valence electrons. The SMILES string of the molecule is Cc1ccc(NC(=O)C2(C)CCCC2N)cc1F. The van der Waals surface area contributed by atoms with E-state index in [-0.39, 0.29) is 17.8 Å². The average molecular weight is 250 g/mol. The van der Waals surface area contributed by atoms with Crippen molar-refractivity contribution in [2.75, 3.05) is 5.32 Å². The Morgan fingerprint density at radius 3 is 2.83 bits per heavy atom. The number of benzene rings is 1. The summed E-state index contributed by atoms with van der Waals surface area (Å²) >= 11 is 0. The molecule has 0 radical (unpaired) electrons. The lowest BCUT2D eigenvalue weighted by Gasteiger charge is -2.27. The molecule has 2 rings (SSSR count). The third kappa shape index (κ3) is 2.25. The number of aryl methyl sites for hydroxylation is 1. The predicted molar refractivity (Wildman–Crippen MR) is 69.7 cm³/mol. The van der Waals surface area contributed by atoms with Crippen LogP contribution in [-0.2, 0) is 4.79 Å². The molecule has 2 unspecified atom stereocenters. The topological polar surface area (TPSA) is 55.1 Å². The summed E-state index contributed by atoms with van der Waals surface area (Å²) < 4.78 is 13.4. The van der Waals surface area contributed by atoms with E-state index in [0.717, 1.165) is 19.3 Å². The summed E-state index contributed by atoms with van der Waals surface area (Å²) in [5, 5.41) is 2.76. The van der Waals surface area contributed by atoms with E-state index in [1.54, 1.807) is 19.1 Å². The van der Waals surface area contributed by atoms with Gasteiger partial charge in [-0.1, -0.05) is 12.5 Å². The highest BCUT2D eigenvalue weighted by molar-refractivity contribution is 5.95. The smallest absolute Gasteiger partial charge is 0.231 e. The van der Waals surface area contributed by atoms with Gasteiger partial charge < -0.3 is 11.1 Å². The fourth-order valence-electron chi connectivity index (χ4n) is 2.42. The van der Waals surface area contributed by atoms with Crippen molar-refractivity contribution >= 4 is 11.6 Å². The monoisotopic (exact) mass is 250 g/mol. The molecular weight excluding hydrogens is 231 g/mol. The van der Waals surface area contributed by atoms with Gasteiger partial charge in [-0.3, -0.25) is 4.79 Å². The molecule has 1 fully saturated rings. The first-order valence-electron chi connectivity index (χ1n) is 6.26. The summed E-state index contributed by atoms with van der Waals surface area (Å²) in [6.07, 6.45) is 2.62. The lowest BCUT2D eigenvalue weighted by atomic mass is 9.84. The number of halogens is 1. The Labute approximate surface area is 107 Å². The molecule has 4 heteroatoms. The number of hydrogen-bond donors (Lipinski definition) is 2. The lowest BCUT2D eigenvalue weighted by Crippen LogP contribution is -2.44. The normalized spacial score (nSPS) is 27.2. The van der Waals surface area contributed by atoms with Crippen LogP contribution >= 0.6 is 0 Å². The van der Waals surface area contributed by atoms with E-state index in [1.807, 2.05) is 6.92 Å². The first-order valence-corrected chi connectivity index (χ1v) is 6.26. The number of hydrogen-bond acceptors (Lipinski definition) is 2. The number of anilines is 1.